The lowest BCUT2D eigenvalue weighted by molar-refractivity contribution is 0.0736. The first-order valence-corrected chi connectivity index (χ1v) is 8.57. The molecule has 1 amide bonds. The Hall–Kier alpha value is -1.11. The van der Waals surface area contributed by atoms with Crippen molar-refractivity contribution in [1.82, 2.24) is 4.90 Å². The SMILES string of the molecule is CCS(=O)(=O)c1ccccc1C(=O)N(C)CC(C)(C)CN.Cl. The van der Waals surface area contributed by atoms with E-state index in [1.54, 1.807) is 32.2 Å². The molecule has 2 N–H and O–H groups in total. The summed E-state index contributed by atoms with van der Waals surface area (Å²) in [6.07, 6.45) is 0. The summed E-state index contributed by atoms with van der Waals surface area (Å²) < 4.78 is 24.2. The zero-order valence-corrected chi connectivity index (χ0v) is 15.1. The number of hydrogen-bond donors (Lipinski definition) is 1. The van der Waals surface area contributed by atoms with Gasteiger partial charge < -0.3 is 10.6 Å². The maximum atomic E-state index is 12.5. The molecule has 0 aliphatic carbocycles. The van der Waals surface area contributed by atoms with E-state index in [4.69, 9.17) is 5.73 Å². The molecule has 0 aliphatic rings. The van der Waals surface area contributed by atoms with Crippen LogP contribution in [0.2, 0.25) is 0 Å². The zero-order valence-electron chi connectivity index (χ0n) is 13.5. The average molecular weight is 349 g/mol. The standard InChI is InChI=1S/C15H24N2O3S.ClH/c1-5-21(19,20)13-9-7-6-8-12(13)14(18)17(4)11-15(2,3)10-16;/h6-9H,5,10-11,16H2,1-4H3;1H. The molecule has 1 aromatic rings. The van der Waals surface area contributed by atoms with Crippen LogP contribution in [0.4, 0.5) is 0 Å². The average Bonchev–Trinajstić information content (AvgIpc) is 2.46. The van der Waals surface area contributed by atoms with Crippen molar-refractivity contribution in [3.8, 4) is 0 Å². The number of sulfone groups is 1. The number of carbonyl (C=O) groups excluding carboxylic acids is 1. The van der Waals surface area contributed by atoms with Crippen molar-refractivity contribution >= 4 is 28.2 Å². The van der Waals surface area contributed by atoms with Crippen LogP contribution in [0.25, 0.3) is 0 Å². The van der Waals surface area contributed by atoms with Gasteiger partial charge in [0.15, 0.2) is 9.84 Å². The molecule has 0 radical (unpaired) electrons. The molecule has 22 heavy (non-hydrogen) atoms. The second-order valence-corrected chi connectivity index (χ2v) is 8.18. The van der Waals surface area contributed by atoms with Crippen molar-refractivity contribution in [3.63, 3.8) is 0 Å². The van der Waals surface area contributed by atoms with E-state index >= 15 is 0 Å². The van der Waals surface area contributed by atoms with Gasteiger partial charge in [-0.15, -0.1) is 12.4 Å². The fourth-order valence-corrected chi connectivity index (χ4v) is 3.14. The normalized spacial score (nSPS) is 11.7. The highest BCUT2D eigenvalue weighted by atomic mass is 35.5. The van der Waals surface area contributed by atoms with Gasteiger partial charge in [-0.2, -0.15) is 0 Å². The molecular weight excluding hydrogens is 324 g/mol. The highest BCUT2D eigenvalue weighted by molar-refractivity contribution is 7.91. The number of rotatable bonds is 6. The van der Waals surface area contributed by atoms with Crippen molar-refractivity contribution in [2.24, 2.45) is 11.1 Å². The highest BCUT2D eigenvalue weighted by Crippen LogP contribution is 2.21. The predicted molar refractivity (Wildman–Crippen MR) is 91.2 cm³/mol. The predicted octanol–water partition coefficient (Wildman–Crippen LogP) is 1.96. The number of amides is 1. The molecule has 0 bridgehead atoms. The molecule has 0 aromatic heterocycles. The summed E-state index contributed by atoms with van der Waals surface area (Å²) in [5.74, 6) is -0.334. The van der Waals surface area contributed by atoms with Crippen molar-refractivity contribution in [2.75, 3.05) is 25.9 Å². The molecule has 0 aliphatic heterocycles. The fourth-order valence-electron chi connectivity index (χ4n) is 2.05. The molecule has 0 unspecified atom stereocenters. The summed E-state index contributed by atoms with van der Waals surface area (Å²) in [6.45, 7) is 6.40. The summed E-state index contributed by atoms with van der Waals surface area (Å²) in [4.78, 5) is 14.2. The van der Waals surface area contributed by atoms with Gasteiger partial charge in [-0.1, -0.05) is 32.9 Å². The van der Waals surface area contributed by atoms with Crippen LogP contribution in [-0.4, -0.2) is 45.1 Å². The minimum atomic E-state index is -3.43. The third-order valence-electron chi connectivity index (χ3n) is 3.40. The maximum absolute atomic E-state index is 12.5. The van der Waals surface area contributed by atoms with Crippen LogP contribution < -0.4 is 5.73 Å². The van der Waals surface area contributed by atoms with E-state index in [0.717, 1.165) is 0 Å². The number of hydrogen-bond acceptors (Lipinski definition) is 4. The summed E-state index contributed by atoms with van der Waals surface area (Å²) in [7, 11) is -1.77. The molecule has 0 heterocycles. The van der Waals surface area contributed by atoms with Crippen molar-refractivity contribution < 1.29 is 13.2 Å². The molecule has 0 atom stereocenters. The molecule has 126 valence electrons. The smallest absolute Gasteiger partial charge is 0.254 e. The van der Waals surface area contributed by atoms with Gasteiger partial charge in [0, 0.05) is 13.6 Å². The Morgan fingerprint density at radius 3 is 2.32 bits per heavy atom. The minimum absolute atomic E-state index is 0. The lowest BCUT2D eigenvalue weighted by Crippen LogP contribution is -2.40. The Bertz CT molecular complexity index is 615. The van der Waals surface area contributed by atoms with E-state index in [2.05, 4.69) is 0 Å². The number of halogens is 1. The van der Waals surface area contributed by atoms with E-state index in [1.165, 1.54) is 11.0 Å². The fraction of sp³-hybridized carbons (Fsp3) is 0.533. The molecular formula is C15H25ClN2O3S. The monoisotopic (exact) mass is 348 g/mol. The van der Waals surface area contributed by atoms with Gasteiger partial charge in [-0.25, -0.2) is 8.42 Å². The van der Waals surface area contributed by atoms with Gasteiger partial charge in [0.1, 0.15) is 0 Å². The second kappa shape index (κ2) is 7.94. The van der Waals surface area contributed by atoms with Crippen LogP contribution in [0.5, 0.6) is 0 Å². The molecule has 7 heteroatoms. The Balaban J connectivity index is 0.00000441. The maximum Gasteiger partial charge on any atom is 0.254 e. The molecule has 0 saturated carbocycles. The number of nitrogens with zero attached hydrogens (tertiary/aromatic N) is 1. The summed E-state index contributed by atoms with van der Waals surface area (Å²) >= 11 is 0. The Kier molecular flexibility index (Phi) is 7.54. The Labute approximate surface area is 139 Å². The molecule has 0 spiro atoms. The summed E-state index contributed by atoms with van der Waals surface area (Å²) in [5, 5.41) is 0. The van der Waals surface area contributed by atoms with E-state index in [0.29, 0.717) is 13.1 Å². The van der Waals surface area contributed by atoms with Gasteiger partial charge in [-0.05, 0) is 24.1 Å². The first kappa shape index (κ1) is 20.9. The Morgan fingerprint density at radius 2 is 1.82 bits per heavy atom. The van der Waals surface area contributed by atoms with Crippen LogP contribution >= 0.6 is 12.4 Å². The molecule has 0 saturated heterocycles. The van der Waals surface area contributed by atoms with E-state index in [-0.39, 0.29) is 39.9 Å². The third kappa shape index (κ3) is 4.97. The number of nitrogens with two attached hydrogens (primary N) is 1. The van der Waals surface area contributed by atoms with Gasteiger partial charge in [0.05, 0.1) is 16.2 Å². The number of benzene rings is 1. The van der Waals surface area contributed by atoms with Crippen molar-refractivity contribution in [1.29, 1.82) is 0 Å². The van der Waals surface area contributed by atoms with Crippen LogP contribution in [0, 0.1) is 5.41 Å². The highest BCUT2D eigenvalue weighted by Gasteiger charge is 2.26. The van der Waals surface area contributed by atoms with Gasteiger partial charge in [0.25, 0.3) is 5.91 Å². The Morgan fingerprint density at radius 1 is 1.27 bits per heavy atom. The van der Waals surface area contributed by atoms with Crippen molar-refractivity contribution in [3.05, 3.63) is 29.8 Å². The topological polar surface area (TPSA) is 80.5 Å². The van der Waals surface area contributed by atoms with E-state index in [9.17, 15) is 13.2 Å². The van der Waals surface area contributed by atoms with E-state index in [1.807, 2.05) is 13.8 Å². The lowest BCUT2D eigenvalue weighted by Gasteiger charge is -2.29. The molecule has 1 aromatic carbocycles. The first-order valence-electron chi connectivity index (χ1n) is 6.92. The van der Waals surface area contributed by atoms with E-state index < -0.39 is 9.84 Å². The zero-order chi connectivity index (χ0) is 16.3. The molecule has 1 rings (SSSR count). The van der Waals surface area contributed by atoms with Crippen LogP contribution in [-0.2, 0) is 9.84 Å². The van der Waals surface area contributed by atoms with Crippen LogP contribution in [0.3, 0.4) is 0 Å². The summed E-state index contributed by atoms with van der Waals surface area (Å²) in [6, 6.07) is 6.33. The molecule has 5 nitrogen and oxygen atoms in total. The van der Waals surface area contributed by atoms with Gasteiger partial charge in [-0.3, -0.25) is 4.79 Å². The lowest BCUT2D eigenvalue weighted by atomic mass is 9.93. The largest absolute Gasteiger partial charge is 0.341 e. The minimum Gasteiger partial charge on any atom is -0.341 e. The van der Waals surface area contributed by atoms with Crippen LogP contribution in [0.15, 0.2) is 29.2 Å². The number of carbonyl (C=O) groups is 1. The second-order valence-electron chi connectivity index (χ2n) is 5.93. The third-order valence-corrected chi connectivity index (χ3v) is 5.18. The van der Waals surface area contributed by atoms with Gasteiger partial charge in [0.2, 0.25) is 0 Å². The van der Waals surface area contributed by atoms with Crippen molar-refractivity contribution in [2.45, 2.75) is 25.7 Å². The first-order chi connectivity index (χ1) is 9.64. The molecule has 0 fully saturated rings. The quantitative estimate of drug-likeness (QED) is 0.852. The van der Waals surface area contributed by atoms with Gasteiger partial charge >= 0.3 is 0 Å². The van der Waals surface area contributed by atoms with Crippen LogP contribution in [0.1, 0.15) is 31.1 Å². The summed E-state index contributed by atoms with van der Waals surface area (Å²) in [5.41, 5.74) is 5.68.